The Bertz CT molecular complexity index is 923. The van der Waals surface area contributed by atoms with E-state index in [0.29, 0.717) is 5.69 Å². The predicted octanol–water partition coefficient (Wildman–Crippen LogP) is 3.03. The fourth-order valence-corrected chi connectivity index (χ4v) is 3.72. The number of nitrogens with zero attached hydrogens (tertiary/aromatic N) is 3. The van der Waals surface area contributed by atoms with Crippen LogP contribution < -0.4 is 4.72 Å². The normalized spacial score (nSPS) is 11.4. The van der Waals surface area contributed by atoms with Gasteiger partial charge in [-0.2, -0.15) is 5.10 Å². The van der Waals surface area contributed by atoms with Crippen LogP contribution in [0, 0.1) is 6.92 Å². The van der Waals surface area contributed by atoms with Gasteiger partial charge < -0.3 is 0 Å². The van der Waals surface area contributed by atoms with Crippen molar-refractivity contribution in [2.45, 2.75) is 11.8 Å². The fraction of sp³-hybridized carbons (Fsp3) is 0.0667. The van der Waals surface area contributed by atoms with Crippen LogP contribution in [0.1, 0.15) is 5.56 Å². The SMILES string of the molecule is Cc1ccc(S(=O)(=O)Nc2ccc(-n3cncn3)cc2)c(Cl)c1. The number of hydrogen-bond donors (Lipinski definition) is 1. The zero-order valence-corrected chi connectivity index (χ0v) is 13.7. The molecule has 2 aromatic carbocycles. The molecule has 1 heterocycles. The summed E-state index contributed by atoms with van der Waals surface area (Å²) < 4.78 is 28.9. The third-order valence-electron chi connectivity index (χ3n) is 3.18. The number of hydrogen-bond acceptors (Lipinski definition) is 4. The standard InChI is InChI=1S/C15H13ClN4O2S/c1-11-2-7-15(14(16)8-11)23(21,22)19-12-3-5-13(6-4-12)20-10-17-9-18-20/h2-10,19H,1H3. The third kappa shape index (κ3) is 3.35. The van der Waals surface area contributed by atoms with Gasteiger partial charge in [-0.1, -0.05) is 17.7 Å². The second kappa shape index (κ2) is 6.02. The number of benzene rings is 2. The van der Waals surface area contributed by atoms with Crippen molar-refractivity contribution in [1.29, 1.82) is 0 Å². The van der Waals surface area contributed by atoms with Crippen molar-refractivity contribution >= 4 is 27.3 Å². The van der Waals surface area contributed by atoms with Gasteiger partial charge in [-0.15, -0.1) is 0 Å². The monoisotopic (exact) mass is 348 g/mol. The Morgan fingerprint density at radius 2 is 1.87 bits per heavy atom. The van der Waals surface area contributed by atoms with Crippen molar-refractivity contribution in [3.05, 3.63) is 65.7 Å². The molecule has 0 bridgehead atoms. The number of sulfonamides is 1. The first kappa shape index (κ1) is 15.5. The van der Waals surface area contributed by atoms with Gasteiger partial charge in [0.25, 0.3) is 10.0 Å². The van der Waals surface area contributed by atoms with Crippen molar-refractivity contribution in [2.24, 2.45) is 0 Å². The zero-order chi connectivity index (χ0) is 16.4. The highest BCUT2D eigenvalue weighted by Crippen LogP contribution is 2.25. The van der Waals surface area contributed by atoms with Crippen molar-refractivity contribution in [3.8, 4) is 5.69 Å². The maximum absolute atomic E-state index is 12.4. The average molecular weight is 349 g/mol. The Morgan fingerprint density at radius 1 is 1.13 bits per heavy atom. The molecule has 0 saturated heterocycles. The highest BCUT2D eigenvalue weighted by Gasteiger charge is 2.18. The van der Waals surface area contributed by atoms with Gasteiger partial charge in [0.2, 0.25) is 0 Å². The van der Waals surface area contributed by atoms with E-state index in [9.17, 15) is 8.42 Å². The molecular weight excluding hydrogens is 336 g/mol. The minimum absolute atomic E-state index is 0.0464. The summed E-state index contributed by atoms with van der Waals surface area (Å²) in [5.74, 6) is 0. The lowest BCUT2D eigenvalue weighted by Gasteiger charge is -2.10. The van der Waals surface area contributed by atoms with Gasteiger partial charge >= 0.3 is 0 Å². The molecular formula is C15H13ClN4O2S. The summed E-state index contributed by atoms with van der Waals surface area (Å²) in [6, 6.07) is 11.6. The highest BCUT2D eigenvalue weighted by atomic mass is 35.5. The second-order valence-electron chi connectivity index (χ2n) is 4.93. The predicted molar refractivity (Wildman–Crippen MR) is 88.4 cm³/mol. The summed E-state index contributed by atoms with van der Waals surface area (Å²) in [6.07, 6.45) is 2.99. The van der Waals surface area contributed by atoms with Crippen LogP contribution in [0.15, 0.2) is 60.0 Å². The Hall–Kier alpha value is -2.38. The Balaban J connectivity index is 1.86. The molecule has 3 aromatic rings. The van der Waals surface area contributed by atoms with Crippen LogP contribution in [0.5, 0.6) is 0 Å². The summed E-state index contributed by atoms with van der Waals surface area (Å²) in [5.41, 5.74) is 2.11. The third-order valence-corrected chi connectivity index (χ3v) is 5.04. The molecule has 0 amide bonds. The number of aryl methyl sites for hydroxylation is 1. The number of anilines is 1. The summed E-state index contributed by atoms with van der Waals surface area (Å²) >= 11 is 6.04. The number of aromatic nitrogens is 3. The molecule has 23 heavy (non-hydrogen) atoms. The quantitative estimate of drug-likeness (QED) is 0.786. The first-order valence-corrected chi connectivity index (χ1v) is 8.56. The second-order valence-corrected chi connectivity index (χ2v) is 6.98. The topological polar surface area (TPSA) is 76.9 Å². The van der Waals surface area contributed by atoms with Crippen molar-refractivity contribution in [1.82, 2.24) is 14.8 Å². The maximum atomic E-state index is 12.4. The van der Waals surface area contributed by atoms with Crippen LogP contribution in [0.25, 0.3) is 5.69 Å². The van der Waals surface area contributed by atoms with E-state index in [1.807, 2.05) is 6.92 Å². The van der Waals surface area contributed by atoms with E-state index in [2.05, 4.69) is 14.8 Å². The first-order valence-electron chi connectivity index (χ1n) is 6.70. The largest absolute Gasteiger partial charge is 0.280 e. The van der Waals surface area contributed by atoms with Crippen LogP contribution in [0.4, 0.5) is 5.69 Å². The lowest BCUT2D eigenvalue weighted by molar-refractivity contribution is 0.601. The molecule has 8 heteroatoms. The van der Waals surface area contributed by atoms with Crippen LogP contribution in [-0.4, -0.2) is 23.2 Å². The van der Waals surface area contributed by atoms with Gasteiger partial charge in [0, 0.05) is 5.69 Å². The van der Waals surface area contributed by atoms with Crippen LogP contribution in [0.3, 0.4) is 0 Å². The molecule has 0 spiro atoms. The minimum atomic E-state index is -3.74. The minimum Gasteiger partial charge on any atom is -0.280 e. The molecule has 0 aliphatic rings. The molecule has 0 fully saturated rings. The first-order chi connectivity index (χ1) is 11.0. The van der Waals surface area contributed by atoms with E-state index in [-0.39, 0.29) is 9.92 Å². The molecule has 118 valence electrons. The Kier molecular flexibility index (Phi) is 4.06. The number of halogens is 1. The maximum Gasteiger partial charge on any atom is 0.263 e. The Morgan fingerprint density at radius 3 is 2.48 bits per heavy atom. The molecule has 0 aliphatic heterocycles. The molecule has 0 saturated carbocycles. The summed E-state index contributed by atoms with van der Waals surface area (Å²) in [6.45, 7) is 1.85. The summed E-state index contributed by atoms with van der Waals surface area (Å²) in [4.78, 5) is 3.91. The molecule has 0 atom stereocenters. The number of rotatable bonds is 4. The van der Waals surface area contributed by atoms with Crippen molar-refractivity contribution < 1.29 is 8.42 Å². The van der Waals surface area contributed by atoms with Crippen LogP contribution >= 0.6 is 11.6 Å². The molecule has 0 unspecified atom stereocenters. The van der Waals surface area contributed by atoms with Crippen LogP contribution in [0.2, 0.25) is 5.02 Å². The van der Waals surface area contributed by atoms with Gasteiger partial charge in [-0.25, -0.2) is 18.1 Å². The van der Waals surface area contributed by atoms with Crippen LogP contribution in [-0.2, 0) is 10.0 Å². The zero-order valence-electron chi connectivity index (χ0n) is 12.1. The number of nitrogens with one attached hydrogen (secondary N) is 1. The molecule has 0 aliphatic carbocycles. The average Bonchev–Trinajstić information content (AvgIpc) is 3.01. The van der Waals surface area contributed by atoms with Gasteiger partial charge in [0.15, 0.2) is 0 Å². The van der Waals surface area contributed by atoms with Gasteiger partial charge in [0.1, 0.15) is 17.6 Å². The van der Waals surface area contributed by atoms with E-state index in [1.54, 1.807) is 47.4 Å². The van der Waals surface area contributed by atoms with Crippen molar-refractivity contribution in [3.63, 3.8) is 0 Å². The van der Waals surface area contributed by atoms with Gasteiger partial charge in [-0.3, -0.25) is 4.72 Å². The van der Waals surface area contributed by atoms with E-state index in [1.165, 1.54) is 12.4 Å². The Labute approximate surface area is 138 Å². The molecule has 6 nitrogen and oxygen atoms in total. The van der Waals surface area contributed by atoms with Gasteiger partial charge in [-0.05, 0) is 48.9 Å². The molecule has 3 rings (SSSR count). The van der Waals surface area contributed by atoms with E-state index < -0.39 is 10.0 Å². The van der Waals surface area contributed by atoms with E-state index in [0.717, 1.165) is 11.3 Å². The van der Waals surface area contributed by atoms with Gasteiger partial charge in [0.05, 0.1) is 10.7 Å². The molecule has 0 radical (unpaired) electrons. The van der Waals surface area contributed by atoms with E-state index >= 15 is 0 Å². The van der Waals surface area contributed by atoms with Crippen molar-refractivity contribution in [2.75, 3.05) is 4.72 Å². The lowest BCUT2D eigenvalue weighted by atomic mass is 10.2. The summed E-state index contributed by atoms with van der Waals surface area (Å²) in [5, 5.41) is 4.20. The summed E-state index contributed by atoms with van der Waals surface area (Å²) in [7, 11) is -3.74. The smallest absolute Gasteiger partial charge is 0.263 e. The molecule has 1 aromatic heterocycles. The molecule has 1 N–H and O–H groups in total. The lowest BCUT2D eigenvalue weighted by Crippen LogP contribution is -2.13. The highest BCUT2D eigenvalue weighted by molar-refractivity contribution is 7.92. The van der Waals surface area contributed by atoms with E-state index in [4.69, 9.17) is 11.6 Å². The fourth-order valence-electron chi connectivity index (χ4n) is 2.06.